The van der Waals surface area contributed by atoms with Crippen molar-refractivity contribution in [2.45, 2.75) is 43.6 Å². The van der Waals surface area contributed by atoms with E-state index in [1.165, 1.54) is 0 Å². The van der Waals surface area contributed by atoms with Gasteiger partial charge in [-0.25, -0.2) is 4.39 Å². The van der Waals surface area contributed by atoms with Gasteiger partial charge in [-0.1, -0.05) is 60.7 Å². The average Bonchev–Trinajstić information content (AvgIpc) is 3.00. The van der Waals surface area contributed by atoms with E-state index in [9.17, 15) is 4.79 Å². The van der Waals surface area contributed by atoms with Crippen molar-refractivity contribution in [3.63, 3.8) is 0 Å². The summed E-state index contributed by atoms with van der Waals surface area (Å²) in [7, 11) is 1.57. The number of carbonyl (C=O) groups excluding carboxylic acids is 1. The van der Waals surface area contributed by atoms with Crippen LogP contribution < -0.4 is 5.32 Å². The largest absolute Gasteiger partial charge is 0.359 e. The minimum absolute atomic E-state index is 0.0941. The van der Waals surface area contributed by atoms with Crippen LogP contribution in [0.25, 0.3) is 0 Å². The summed E-state index contributed by atoms with van der Waals surface area (Å²) in [5.41, 5.74) is 1.94. The normalized spacial score (nSPS) is 30.0. The number of halogens is 1. The Morgan fingerprint density at radius 2 is 1.82 bits per heavy atom. The minimum Gasteiger partial charge on any atom is -0.359 e. The summed E-state index contributed by atoms with van der Waals surface area (Å²) in [6.45, 7) is 0.911. The molecule has 6 heteroatoms. The molecule has 28 heavy (non-hydrogen) atoms. The standard InChI is InChI=1S/C22H25FN2O3/c1-24-19(26)12-17-20(23)21-18(25(17)13-15-8-4-2-5-9-15)14-27-22(28-21)16-10-6-3-7-11-16/h2-11,17-18,20-22H,12-14H2,1H3,(H,24,26)/t17-,18-,20+,21-,22?/m1/s1. The summed E-state index contributed by atoms with van der Waals surface area (Å²) >= 11 is 0. The topological polar surface area (TPSA) is 50.8 Å². The first-order valence-electron chi connectivity index (χ1n) is 9.63. The number of benzene rings is 2. The zero-order valence-electron chi connectivity index (χ0n) is 15.8. The maximum absolute atomic E-state index is 15.5. The van der Waals surface area contributed by atoms with Crippen LogP contribution in [0.1, 0.15) is 23.8 Å². The smallest absolute Gasteiger partial charge is 0.221 e. The van der Waals surface area contributed by atoms with Crippen LogP contribution in [-0.4, -0.2) is 48.8 Å². The van der Waals surface area contributed by atoms with Crippen LogP contribution in [-0.2, 0) is 20.8 Å². The Balaban J connectivity index is 1.57. The predicted octanol–water partition coefficient (Wildman–Crippen LogP) is 2.83. The molecular weight excluding hydrogens is 359 g/mol. The molecule has 1 N–H and O–H groups in total. The van der Waals surface area contributed by atoms with Crippen LogP contribution in [0.5, 0.6) is 0 Å². The van der Waals surface area contributed by atoms with Crippen LogP contribution in [0.3, 0.4) is 0 Å². The van der Waals surface area contributed by atoms with Gasteiger partial charge < -0.3 is 14.8 Å². The lowest BCUT2D eigenvalue weighted by atomic mass is 10.1. The van der Waals surface area contributed by atoms with Crippen molar-refractivity contribution in [3.05, 3.63) is 71.8 Å². The number of amides is 1. The van der Waals surface area contributed by atoms with E-state index in [1.54, 1.807) is 7.05 Å². The van der Waals surface area contributed by atoms with Gasteiger partial charge in [0, 0.05) is 25.6 Å². The Morgan fingerprint density at radius 1 is 1.14 bits per heavy atom. The monoisotopic (exact) mass is 384 g/mol. The molecule has 0 radical (unpaired) electrons. The van der Waals surface area contributed by atoms with E-state index in [4.69, 9.17) is 9.47 Å². The van der Waals surface area contributed by atoms with E-state index in [1.807, 2.05) is 65.6 Å². The summed E-state index contributed by atoms with van der Waals surface area (Å²) in [4.78, 5) is 14.1. The van der Waals surface area contributed by atoms with Gasteiger partial charge in [0.1, 0.15) is 12.3 Å². The van der Waals surface area contributed by atoms with E-state index < -0.39 is 24.6 Å². The molecule has 1 amide bonds. The second kappa shape index (κ2) is 8.39. The van der Waals surface area contributed by atoms with Gasteiger partial charge in [0.05, 0.1) is 18.7 Å². The fraction of sp³-hybridized carbons (Fsp3) is 0.409. The zero-order valence-corrected chi connectivity index (χ0v) is 15.8. The summed E-state index contributed by atoms with van der Waals surface area (Å²) in [5, 5.41) is 2.61. The Labute approximate surface area is 164 Å². The fourth-order valence-corrected chi connectivity index (χ4v) is 4.11. The maximum atomic E-state index is 15.5. The summed E-state index contributed by atoms with van der Waals surface area (Å²) in [6.07, 6.45) is -2.38. The molecule has 5 nitrogen and oxygen atoms in total. The van der Waals surface area contributed by atoms with E-state index >= 15 is 4.39 Å². The molecular formula is C22H25FN2O3. The number of likely N-dealkylation sites (tertiary alicyclic amines) is 1. The second-order valence-electron chi connectivity index (χ2n) is 7.29. The lowest BCUT2D eigenvalue weighted by molar-refractivity contribution is -0.237. The van der Waals surface area contributed by atoms with Gasteiger partial charge in [-0.05, 0) is 5.56 Å². The molecule has 2 aromatic carbocycles. The van der Waals surface area contributed by atoms with Crippen LogP contribution in [0.4, 0.5) is 4.39 Å². The molecule has 5 atom stereocenters. The first-order valence-corrected chi connectivity index (χ1v) is 9.63. The average molecular weight is 384 g/mol. The maximum Gasteiger partial charge on any atom is 0.221 e. The molecule has 0 spiro atoms. The number of carbonyl (C=O) groups is 1. The van der Waals surface area contributed by atoms with Crippen molar-refractivity contribution in [1.82, 2.24) is 10.2 Å². The molecule has 0 bridgehead atoms. The van der Waals surface area contributed by atoms with Gasteiger partial charge in [0.25, 0.3) is 0 Å². The van der Waals surface area contributed by atoms with Crippen LogP contribution in [0.15, 0.2) is 60.7 Å². The Kier molecular flexibility index (Phi) is 5.71. The summed E-state index contributed by atoms with van der Waals surface area (Å²) < 4.78 is 27.5. The molecule has 2 aliphatic rings. The number of ether oxygens (including phenoxy) is 2. The quantitative estimate of drug-likeness (QED) is 0.861. The Bertz CT molecular complexity index is 789. The van der Waals surface area contributed by atoms with Crippen molar-refractivity contribution >= 4 is 5.91 Å². The van der Waals surface area contributed by atoms with E-state index in [-0.39, 0.29) is 18.4 Å². The molecule has 1 unspecified atom stereocenters. The lowest BCUT2D eigenvalue weighted by Gasteiger charge is -2.36. The number of hydrogen-bond acceptors (Lipinski definition) is 4. The van der Waals surface area contributed by atoms with Gasteiger partial charge in [0.15, 0.2) is 6.29 Å². The van der Waals surface area contributed by atoms with Crippen molar-refractivity contribution < 1.29 is 18.7 Å². The van der Waals surface area contributed by atoms with E-state index in [0.29, 0.717) is 13.2 Å². The summed E-state index contributed by atoms with van der Waals surface area (Å²) in [5.74, 6) is -0.176. The highest BCUT2D eigenvalue weighted by Crippen LogP contribution is 2.39. The molecule has 2 aromatic rings. The number of rotatable bonds is 5. The lowest BCUT2D eigenvalue weighted by Crippen LogP contribution is -2.46. The highest BCUT2D eigenvalue weighted by molar-refractivity contribution is 5.76. The molecule has 2 heterocycles. The van der Waals surface area contributed by atoms with Crippen molar-refractivity contribution in [2.75, 3.05) is 13.7 Å². The summed E-state index contributed by atoms with van der Waals surface area (Å²) in [6, 6.07) is 18.7. The number of alkyl halides is 1. The van der Waals surface area contributed by atoms with Gasteiger partial charge in [-0.2, -0.15) is 0 Å². The number of hydrogen-bond donors (Lipinski definition) is 1. The second-order valence-corrected chi connectivity index (χ2v) is 7.29. The third kappa shape index (κ3) is 3.81. The molecule has 2 saturated heterocycles. The van der Waals surface area contributed by atoms with Crippen molar-refractivity contribution in [2.24, 2.45) is 0 Å². The molecule has 0 aliphatic carbocycles. The van der Waals surface area contributed by atoms with E-state index in [0.717, 1.165) is 11.1 Å². The fourth-order valence-electron chi connectivity index (χ4n) is 4.11. The van der Waals surface area contributed by atoms with Crippen molar-refractivity contribution in [1.29, 1.82) is 0 Å². The molecule has 0 aromatic heterocycles. The third-order valence-electron chi connectivity index (χ3n) is 5.56. The van der Waals surface area contributed by atoms with Gasteiger partial charge in [0.2, 0.25) is 5.91 Å². The molecule has 0 saturated carbocycles. The Hall–Kier alpha value is -2.28. The first-order chi connectivity index (χ1) is 13.7. The van der Waals surface area contributed by atoms with Gasteiger partial charge in [-0.3, -0.25) is 9.69 Å². The van der Waals surface area contributed by atoms with Gasteiger partial charge in [-0.15, -0.1) is 0 Å². The van der Waals surface area contributed by atoms with Crippen molar-refractivity contribution in [3.8, 4) is 0 Å². The van der Waals surface area contributed by atoms with Crippen LogP contribution in [0, 0.1) is 0 Å². The highest BCUT2D eigenvalue weighted by atomic mass is 19.1. The molecule has 2 fully saturated rings. The van der Waals surface area contributed by atoms with Gasteiger partial charge >= 0.3 is 0 Å². The number of nitrogens with one attached hydrogen (secondary N) is 1. The molecule has 2 aliphatic heterocycles. The molecule has 4 rings (SSSR count). The molecule has 148 valence electrons. The SMILES string of the molecule is CNC(=O)C[C@@H]1[C@H](F)[C@@H]2OC(c3ccccc3)OC[C@H]2N1Cc1ccccc1. The predicted molar refractivity (Wildman–Crippen MR) is 103 cm³/mol. The minimum atomic E-state index is -1.26. The third-order valence-corrected chi connectivity index (χ3v) is 5.56. The Morgan fingerprint density at radius 3 is 2.50 bits per heavy atom. The number of nitrogens with zero attached hydrogens (tertiary/aromatic N) is 1. The highest BCUT2D eigenvalue weighted by Gasteiger charge is 2.53. The zero-order chi connectivity index (χ0) is 19.5. The van der Waals surface area contributed by atoms with Crippen LogP contribution >= 0.6 is 0 Å². The first kappa shape index (κ1) is 19.1. The van der Waals surface area contributed by atoms with Crippen LogP contribution in [0.2, 0.25) is 0 Å². The van der Waals surface area contributed by atoms with E-state index in [2.05, 4.69) is 5.32 Å². The number of fused-ring (bicyclic) bond motifs is 1.